The van der Waals surface area contributed by atoms with Crippen molar-refractivity contribution >= 4 is 15.7 Å². The third-order valence-corrected chi connectivity index (χ3v) is 3.85. The number of carbonyl (C=O) groups is 1. The van der Waals surface area contributed by atoms with Gasteiger partial charge in [-0.2, -0.15) is 0 Å². The molecule has 0 spiro atoms. The Kier molecular flexibility index (Phi) is 6.03. The zero-order valence-electron chi connectivity index (χ0n) is 10.9. The molecule has 0 aromatic heterocycles. The lowest BCUT2D eigenvalue weighted by Gasteiger charge is -2.06. The third kappa shape index (κ3) is 6.07. The van der Waals surface area contributed by atoms with Gasteiger partial charge in [-0.05, 0) is 17.7 Å². The Labute approximate surface area is 115 Å². The van der Waals surface area contributed by atoms with E-state index in [4.69, 9.17) is 0 Å². The highest BCUT2D eigenvalue weighted by atomic mass is 32.2. The molecular weight excluding hydrogens is 292 g/mol. The van der Waals surface area contributed by atoms with Crippen LogP contribution in [0.3, 0.4) is 0 Å². The molecule has 8 heteroatoms. The van der Waals surface area contributed by atoms with E-state index in [0.717, 1.165) is 12.1 Å². The lowest BCUT2D eigenvalue weighted by Crippen LogP contribution is -2.31. The Balaban J connectivity index is 2.51. The molecule has 112 valence electrons. The van der Waals surface area contributed by atoms with Crippen molar-refractivity contribution in [1.29, 1.82) is 0 Å². The molecule has 0 radical (unpaired) electrons. The number of hydrogen-bond acceptors (Lipinski definition) is 4. The molecule has 0 aliphatic rings. The highest BCUT2D eigenvalue weighted by Crippen LogP contribution is 2.07. The molecule has 0 saturated heterocycles. The third-order valence-electron chi connectivity index (χ3n) is 2.36. The molecule has 0 aliphatic carbocycles. The Morgan fingerprint density at radius 1 is 1.25 bits per heavy atom. The number of nitrogens with one attached hydrogen (secondary N) is 1. The maximum Gasteiger partial charge on any atom is 0.235 e. The van der Waals surface area contributed by atoms with Crippen LogP contribution in [-0.2, 0) is 25.9 Å². The number of methoxy groups -OCH3 is 1. The van der Waals surface area contributed by atoms with E-state index in [9.17, 15) is 22.0 Å². The second kappa shape index (κ2) is 7.30. The van der Waals surface area contributed by atoms with Gasteiger partial charge in [0.15, 0.2) is 9.84 Å². The predicted octanol–water partition coefficient (Wildman–Crippen LogP) is 0.642. The Bertz CT molecular complexity index is 555. The first-order valence-electron chi connectivity index (χ1n) is 5.73. The lowest BCUT2D eigenvalue weighted by atomic mass is 10.2. The number of benzene rings is 1. The fourth-order valence-corrected chi connectivity index (χ4v) is 2.51. The van der Waals surface area contributed by atoms with Crippen molar-refractivity contribution in [3.63, 3.8) is 0 Å². The second-order valence-electron chi connectivity index (χ2n) is 4.14. The topological polar surface area (TPSA) is 72.5 Å². The van der Waals surface area contributed by atoms with E-state index in [1.807, 2.05) is 0 Å². The normalized spacial score (nSPS) is 11.3. The van der Waals surface area contributed by atoms with Crippen molar-refractivity contribution < 1.29 is 26.7 Å². The van der Waals surface area contributed by atoms with Gasteiger partial charge in [-0.15, -0.1) is 0 Å². The van der Waals surface area contributed by atoms with Gasteiger partial charge in [-0.3, -0.25) is 4.79 Å². The second-order valence-corrected chi connectivity index (χ2v) is 6.32. The molecule has 20 heavy (non-hydrogen) atoms. The molecule has 1 aromatic rings. The summed E-state index contributed by atoms with van der Waals surface area (Å²) in [7, 11) is -2.19. The average molecular weight is 307 g/mol. The van der Waals surface area contributed by atoms with Crippen LogP contribution in [0.5, 0.6) is 0 Å². The van der Waals surface area contributed by atoms with Crippen molar-refractivity contribution in [3.05, 3.63) is 35.4 Å². The summed E-state index contributed by atoms with van der Waals surface area (Å²) in [5.74, 6) is -3.20. The first kappa shape index (κ1) is 16.5. The first-order valence-corrected chi connectivity index (χ1v) is 7.55. The summed E-state index contributed by atoms with van der Waals surface area (Å²) in [5.41, 5.74) is 0.213. The summed E-state index contributed by atoms with van der Waals surface area (Å²) in [6.07, 6.45) is 0. The number of ether oxygens (including phenoxy) is 1. The number of halogens is 2. The molecule has 0 heterocycles. The smallest absolute Gasteiger partial charge is 0.235 e. The van der Waals surface area contributed by atoms with Crippen molar-refractivity contribution in [3.8, 4) is 0 Å². The summed E-state index contributed by atoms with van der Waals surface area (Å²) in [6.45, 7) is -0.141. The molecule has 0 bridgehead atoms. The number of amides is 1. The molecular formula is C12H15F2NO4S. The van der Waals surface area contributed by atoms with E-state index < -0.39 is 33.1 Å². The van der Waals surface area contributed by atoms with Gasteiger partial charge in [0.05, 0.1) is 12.4 Å². The number of carbonyl (C=O) groups excluding carboxylic acids is 1. The van der Waals surface area contributed by atoms with E-state index in [0.29, 0.717) is 6.07 Å². The molecule has 1 aromatic carbocycles. The maximum atomic E-state index is 12.9. The summed E-state index contributed by atoms with van der Waals surface area (Å²) < 4.78 is 53.3. The summed E-state index contributed by atoms with van der Waals surface area (Å²) in [6, 6.07) is 2.83. The van der Waals surface area contributed by atoms with Crippen LogP contribution < -0.4 is 5.32 Å². The van der Waals surface area contributed by atoms with E-state index >= 15 is 0 Å². The van der Waals surface area contributed by atoms with E-state index in [-0.39, 0.29) is 24.5 Å². The first-order chi connectivity index (χ1) is 9.32. The van der Waals surface area contributed by atoms with Crippen LogP contribution in [0.2, 0.25) is 0 Å². The lowest BCUT2D eigenvalue weighted by molar-refractivity contribution is -0.118. The number of sulfone groups is 1. The highest BCUT2D eigenvalue weighted by molar-refractivity contribution is 7.92. The molecule has 0 atom stereocenters. The van der Waals surface area contributed by atoms with Crippen LogP contribution in [-0.4, -0.2) is 39.5 Å². The van der Waals surface area contributed by atoms with Crippen LogP contribution in [0.1, 0.15) is 5.56 Å². The van der Waals surface area contributed by atoms with E-state index in [1.165, 1.54) is 7.11 Å². The fourth-order valence-electron chi connectivity index (χ4n) is 1.45. The van der Waals surface area contributed by atoms with Crippen molar-refractivity contribution in [1.82, 2.24) is 5.32 Å². The quantitative estimate of drug-likeness (QED) is 0.802. The number of rotatable bonds is 7. The van der Waals surface area contributed by atoms with Gasteiger partial charge < -0.3 is 10.1 Å². The van der Waals surface area contributed by atoms with Gasteiger partial charge in [-0.25, -0.2) is 17.2 Å². The van der Waals surface area contributed by atoms with Gasteiger partial charge in [0.25, 0.3) is 0 Å². The van der Waals surface area contributed by atoms with Gasteiger partial charge in [0.2, 0.25) is 5.91 Å². The fraction of sp³-hybridized carbons (Fsp3) is 0.417. The number of hydrogen-bond donors (Lipinski definition) is 1. The van der Waals surface area contributed by atoms with Gasteiger partial charge in [0.1, 0.15) is 17.4 Å². The van der Waals surface area contributed by atoms with Gasteiger partial charge in [0, 0.05) is 19.7 Å². The zero-order valence-corrected chi connectivity index (χ0v) is 11.7. The molecule has 0 fully saturated rings. The van der Waals surface area contributed by atoms with Crippen LogP contribution in [0.25, 0.3) is 0 Å². The predicted molar refractivity (Wildman–Crippen MR) is 68.7 cm³/mol. The zero-order chi connectivity index (χ0) is 15.2. The van der Waals surface area contributed by atoms with Crippen LogP contribution in [0.4, 0.5) is 8.78 Å². The molecule has 5 nitrogen and oxygen atoms in total. The van der Waals surface area contributed by atoms with E-state index in [1.54, 1.807) is 0 Å². The molecule has 1 rings (SSSR count). The minimum Gasteiger partial charge on any atom is -0.384 e. The Morgan fingerprint density at radius 2 is 1.85 bits per heavy atom. The summed E-state index contributed by atoms with van der Waals surface area (Å²) >= 11 is 0. The summed E-state index contributed by atoms with van der Waals surface area (Å²) in [4.78, 5) is 11.4. The van der Waals surface area contributed by atoms with Gasteiger partial charge >= 0.3 is 0 Å². The van der Waals surface area contributed by atoms with Crippen LogP contribution >= 0.6 is 0 Å². The van der Waals surface area contributed by atoms with E-state index in [2.05, 4.69) is 10.1 Å². The molecule has 0 saturated carbocycles. The standard InChI is InChI=1S/C12H15F2NO4S/c1-19-2-3-20(17,18)8-12(16)15-7-9-4-10(13)6-11(14)5-9/h4-6H,2-3,7-8H2,1H3,(H,15,16). The van der Waals surface area contributed by atoms with Gasteiger partial charge in [-0.1, -0.05) is 0 Å². The van der Waals surface area contributed by atoms with Crippen molar-refractivity contribution in [2.75, 3.05) is 25.2 Å². The summed E-state index contributed by atoms with van der Waals surface area (Å²) in [5, 5.41) is 2.29. The van der Waals surface area contributed by atoms with Crippen molar-refractivity contribution in [2.24, 2.45) is 0 Å². The van der Waals surface area contributed by atoms with Crippen LogP contribution in [0.15, 0.2) is 18.2 Å². The Hall–Kier alpha value is -1.54. The van der Waals surface area contributed by atoms with Crippen LogP contribution in [0, 0.1) is 11.6 Å². The molecule has 0 aliphatic heterocycles. The minimum atomic E-state index is -3.55. The van der Waals surface area contributed by atoms with Crippen molar-refractivity contribution in [2.45, 2.75) is 6.54 Å². The highest BCUT2D eigenvalue weighted by Gasteiger charge is 2.16. The maximum absolute atomic E-state index is 12.9. The molecule has 0 unspecified atom stereocenters. The minimum absolute atomic E-state index is 0.00468. The monoisotopic (exact) mass is 307 g/mol. The Morgan fingerprint density at radius 3 is 2.40 bits per heavy atom. The SMILES string of the molecule is COCCS(=O)(=O)CC(=O)NCc1cc(F)cc(F)c1. The average Bonchev–Trinajstić information content (AvgIpc) is 2.32. The molecule has 1 N–H and O–H groups in total. The molecule has 1 amide bonds. The largest absolute Gasteiger partial charge is 0.384 e.